The van der Waals surface area contributed by atoms with Gasteiger partial charge in [0.2, 0.25) is 0 Å². The highest BCUT2D eigenvalue weighted by molar-refractivity contribution is 7.20. The van der Waals surface area contributed by atoms with Crippen LogP contribution in [0, 0.1) is 0 Å². The van der Waals surface area contributed by atoms with E-state index >= 15 is 0 Å². The van der Waals surface area contributed by atoms with Crippen molar-refractivity contribution in [3.63, 3.8) is 0 Å². The van der Waals surface area contributed by atoms with Crippen molar-refractivity contribution in [3.05, 3.63) is 183 Å². The Bertz CT molecular complexity index is 2530. The summed E-state index contributed by atoms with van der Waals surface area (Å²) in [7, 11) is 1.38. The number of ether oxygens (including phenoxy) is 1. The average Bonchev–Trinajstić information content (AvgIpc) is 3.27. The lowest BCUT2D eigenvalue weighted by Crippen LogP contribution is -2.75. The first-order chi connectivity index (χ1) is 33.6. The van der Waals surface area contributed by atoms with E-state index in [9.17, 15) is 110 Å². The van der Waals surface area contributed by atoms with Crippen LogP contribution in [0.1, 0.15) is 60.4 Å². The van der Waals surface area contributed by atoms with E-state index in [4.69, 9.17) is 0 Å². The van der Waals surface area contributed by atoms with Crippen molar-refractivity contribution >= 4 is 34.0 Å². The Morgan fingerprint density at radius 2 is 0.608 bits per heavy atom. The van der Waals surface area contributed by atoms with E-state index in [2.05, 4.69) is 9.30 Å². The van der Waals surface area contributed by atoms with Gasteiger partial charge in [0.15, 0.2) is 18.9 Å². The summed E-state index contributed by atoms with van der Waals surface area (Å²) in [4.78, 5) is 11.3. The van der Waals surface area contributed by atoms with Gasteiger partial charge in [-0.15, -0.1) is 0 Å². The minimum atomic E-state index is -6.13. The molecule has 5 aromatic carbocycles. The van der Waals surface area contributed by atoms with E-state index in [1.54, 1.807) is 12.1 Å². The molecule has 74 heavy (non-hydrogen) atoms. The van der Waals surface area contributed by atoms with Crippen LogP contribution >= 0.6 is 0 Å². The van der Waals surface area contributed by atoms with Gasteiger partial charge >= 0.3 is 55.4 Å². The third-order valence-electron chi connectivity index (χ3n) is 11.0. The first kappa shape index (κ1) is 58.0. The van der Waals surface area contributed by atoms with Crippen molar-refractivity contribution in [1.82, 2.24) is 0 Å². The van der Waals surface area contributed by atoms with Crippen LogP contribution < -0.4 is 26.4 Å². The summed E-state index contributed by atoms with van der Waals surface area (Å²) in [5.74, 6) is -0.302. The molecule has 0 spiro atoms. The summed E-state index contributed by atoms with van der Waals surface area (Å²) in [6.45, 7) is 0.794. The molecule has 0 fully saturated rings. The van der Waals surface area contributed by atoms with Crippen molar-refractivity contribution in [2.45, 2.75) is 56.0 Å². The monoisotopic (exact) mass is 1090 g/mol. The van der Waals surface area contributed by atoms with Crippen LogP contribution in [0.5, 0.6) is 0 Å². The van der Waals surface area contributed by atoms with Gasteiger partial charge in [-0.05, 0) is 36.4 Å². The molecule has 0 aliphatic rings. The second kappa shape index (κ2) is 20.1. The summed E-state index contributed by atoms with van der Waals surface area (Å²) < 4.78 is 348. The number of carbonyl (C=O) groups excluding carboxylic acids is 1. The molecule has 0 N–H and O–H groups in total. The molecule has 0 saturated heterocycles. The van der Waals surface area contributed by atoms with Gasteiger partial charge in [0.1, 0.15) is 6.15 Å². The number of carbonyl (C=O) groups is 1. The highest BCUT2D eigenvalue weighted by Crippen LogP contribution is 2.41. The molecule has 6 aromatic rings. The van der Waals surface area contributed by atoms with E-state index in [0.29, 0.717) is 5.56 Å². The van der Waals surface area contributed by atoms with Gasteiger partial charge in [0.05, 0.1) is 57.2 Å². The Balaban J connectivity index is 0.000000500. The Hall–Kier alpha value is -6.90. The van der Waals surface area contributed by atoms with Gasteiger partial charge in [0, 0.05) is 17.7 Å². The standard InChI is InChI=1S/C32H12BF24.C14H14NO2/c34-25(35,36)13-1-14(26(37,38)39)6-21(5-13)33(22-7-15(27(40,41)42)2-16(8-22)28(43,44)45,23-9-17(29(46,47)48)3-18(10-23)30(49,50)51)24-11-19(31(52,53)54)4-20(12-24)32(55,56)57;1-17-14(16)13-7-5-12(6-8-13)11-15-9-3-2-4-10-15/h1-12H;2-10H,11H2,1H3/q-1;+1. The quantitative estimate of drug-likeness (QED) is 0.0690. The Kier molecular flexibility index (Phi) is 15.7. The number of methoxy groups -OCH3 is 1. The summed E-state index contributed by atoms with van der Waals surface area (Å²) >= 11 is 0. The first-order valence-electron chi connectivity index (χ1n) is 20.0. The highest BCUT2D eigenvalue weighted by atomic mass is 19.4. The Morgan fingerprint density at radius 3 is 0.811 bits per heavy atom. The molecule has 28 heteroatoms. The minimum absolute atomic E-state index is 0.302. The Morgan fingerprint density at radius 1 is 0.378 bits per heavy atom. The van der Waals surface area contributed by atoms with Gasteiger partial charge in [-0.3, -0.25) is 0 Å². The number of halogens is 24. The number of hydrogen-bond donors (Lipinski definition) is 0. The van der Waals surface area contributed by atoms with Crippen molar-refractivity contribution in [1.29, 1.82) is 0 Å². The van der Waals surface area contributed by atoms with Gasteiger partial charge in [-0.1, -0.05) is 66.7 Å². The number of alkyl halides is 24. The second-order valence-electron chi connectivity index (χ2n) is 16.0. The maximum atomic E-state index is 14.2. The van der Waals surface area contributed by atoms with Crippen LogP contribution in [0.2, 0.25) is 0 Å². The van der Waals surface area contributed by atoms with E-state index in [1.807, 2.05) is 42.7 Å². The van der Waals surface area contributed by atoms with Crippen LogP contribution in [0.3, 0.4) is 0 Å². The molecule has 0 bridgehead atoms. The average molecular weight is 1090 g/mol. The third-order valence-corrected chi connectivity index (χ3v) is 11.0. The molecule has 398 valence electrons. The van der Waals surface area contributed by atoms with Crippen LogP contribution in [0.4, 0.5) is 105 Å². The molecule has 0 aliphatic heterocycles. The molecule has 0 atom stereocenters. The fourth-order valence-electron chi connectivity index (χ4n) is 7.69. The molecule has 0 unspecified atom stereocenters. The summed E-state index contributed by atoms with van der Waals surface area (Å²) in [6.07, 6.45) is -50.8. The van der Waals surface area contributed by atoms with Gasteiger partial charge in [-0.25, -0.2) is 9.36 Å². The smallest absolute Gasteiger partial charge is 0.416 e. The number of nitrogens with zero attached hydrogens (tertiary/aromatic N) is 1. The Labute approximate surface area is 399 Å². The van der Waals surface area contributed by atoms with E-state index in [-0.39, 0.29) is 5.97 Å². The maximum absolute atomic E-state index is 14.2. The molecule has 0 aliphatic carbocycles. The molecule has 0 saturated carbocycles. The first-order valence-corrected chi connectivity index (χ1v) is 20.0. The normalized spacial score (nSPS) is 13.3. The molecule has 1 aromatic heterocycles. The lowest BCUT2D eigenvalue weighted by molar-refractivity contribution is -0.688. The second-order valence-corrected chi connectivity index (χ2v) is 16.0. The maximum Gasteiger partial charge on any atom is 0.416 e. The van der Waals surface area contributed by atoms with Crippen molar-refractivity contribution in [3.8, 4) is 0 Å². The summed E-state index contributed by atoms with van der Waals surface area (Å²) in [5, 5.41) is 0. The van der Waals surface area contributed by atoms with E-state index < -0.39 is 195 Å². The molecule has 0 amide bonds. The van der Waals surface area contributed by atoms with Gasteiger partial charge in [0.25, 0.3) is 0 Å². The predicted octanol–water partition coefficient (Wildman–Crippen LogP) is 13.0. The zero-order chi connectivity index (χ0) is 56.0. The number of benzene rings is 5. The van der Waals surface area contributed by atoms with Crippen molar-refractivity contribution in [2.75, 3.05) is 7.11 Å². The van der Waals surface area contributed by atoms with Crippen molar-refractivity contribution < 1.29 is 119 Å². The third kappa shape index (κ3) is 13.4. The molecule has 6 rings (SSSR count). The highest BCUT2D eigenvalue weighted by Gasteiger charge is 2.47. The fourth-order valence-corrected chi connectivity index (χ4v) is 7.69. The number of pyridine rings is 1. The fraction of sp³-hybridized carbons (Fsp3) is 0.217. The zero-order valence-electron chi connectivity index (χ0n) is 36.2. The largest absolute Gasteiger partial charge is 0.465 e. The number of aromatic nitrogens is 1. The van der Waals surface area contributed by atoms with Gasteiger partial charge < -0.3 is 4.74 Å². The number of esters is 1. The topological polar surface area (TPSA) is 30.2 Å². The van der Waals surface area contributed by atoms with Crippen LogP contribution in [-0.4, -0.2) is 19.2 Å². The molecular weight excluding hydrogens is 1070 g/mol. The minimum Gasteiger partial charge on any atom is -0.465 e. The van der Waals surface area contributed by atoms with E-state index in [0.717, 1.165) is 12.1 Å². The molecule has 3 nitrogen and oxygen atoms in total. The molecular formula is C46H26BF24NO2. The van der Waals surface area contributed by atoms with Crippen LogP contribution in [-0.2, 0) is 60.7 Å². The predicted molar refractivity (Wildman–Crippen MR) is 214 cm³/mol. The number of rotatable bonds is 7. The van der Waals surface area contributed by atoms with Gasteiger partial charge in [-0.2, -0.15) is 127 Å². The number of hydrogen-bond acceptors (Lipinski definition) is 2. The zero-order valence-corrected chi connectivity index (χ0v) is 36.2. The lowest BCUT2D eigenvalue weighted by atomic mass is 9.12. The van der Waals surface area contributed by atoms with Crippen LogP contribution in [0.25, 0.3) is 0 Å². The van der Waals surface area contributed by atoms with E-state index in [1.165, 1.54) is 7.11 Å². The summed E-state index contributed by atoms with van der Waals surface area (Å²) in [6, 6.07) is 4.59. The summed E-state index contributed by atoms with van der Waals surface area (Å²) in [5.41, 5.74) is -28.5. The lowest BCUT2D eigenvalue weighted by Gasteiger charge is -2.46. The van der Waals surface area contributed by atoms with Crippen molar-refractivity contribution in [2.24, 2.45) is 0 Å². The molecule has 0 radical (unpaired) electrons. The molecule has 1 heterocycles. The SMILES string of the molecule is COC(=O)c1ccc(C[n+]2ccccc2)cc1.FC(F)(F)c1cc([B-](c2cc(C(F)(F)F)cc(C(F)(F)F)c2)(c2cc(C(F)(F)F)cc(C(F)(F)F)c2)c2cc(C(F)(F)F)cc(C(F)(F)F)c2)cc(C(F)(F)F)c1. The van der Waals surface area contributed by atoms with Crippen LogP contribution in [0.15, 0.2) is 128 Å².